The Morgan fingerprint density at radius 1 is 0.781 bits per heavy atom. The number of piperazine rings is 1. The largest absolute Gasteiger partial charge is 0.418 e. The normalized spacial score (nSPS) is 18.8. The summed E-state index contributed by atoms with van der Waals surface area (Å²) in [7, 11) is -3.78. The van der Waals surface area contributed by atoms with Gasteiger partial charge >= 0.3 is 6.18 Å². The van der Waals surface area contributed by atoms with Crippen molar-refractivity contribution in [1.29, 1.82) is 0 Å². The lowest BCUT2D eigenvalue weighted by Crippen LogP contribution is -2.49. The number of hydrogen-bond acceptors (Lipinski definition) is 4. The third kappa shape index (κ3) is 4.71. The van der Waals surface area contributed by atoms with Crippen LogP contribution in [0.1, 0.15) is 24.8 Å². The fraction of sp³-hybridized carbons (Fsp3) is 0.455. The van der Waals surface area contributed by atoms with E-state index in [4.69, 9.17) is 0 Å². The fourth-order valence-electron chi connectivity index (χ4n) is 4.32. The lowest BCUT2D eigenvalue weighted by atomic mass is 10.1. The van der Waals surface area contributed by atoms with Crippen LogP contribution in [0.4, 0.5) is 28.9 Å². The van der Waals surface area contributed by atoms with Crippen molar-refractivity contribution in [1.82, 2.24) is 4.31 Å². The second kappa shape index (κ2) is 8.90. The van der Waals surface area contributed by atoms with Gasteiger partial charge in [0.05, 0.1) is 10.5 Å². The van der Waals surface area contributed by atoms with Gasteiger partial charge in [-0.25, -0.2) is 12.8 Å². The molecule has 0 aromatic heterocycles. The van der Waals surface area contributed by atoms with Gasteiger partial charge in [-0.3, -0.25) is 0 Å². The maximum atomic E-state index is 13.4. The molecule has 0 saturated carbocycles. The molecule has 2 aromatic rings. The minimum absolute atomic E-state index is 0.0466. The average Bonchev–Trinajstić information content (AvgIpc) is 2.79. The first-order valence-electron chi connectivity index (χ1n) is 10.6. The molecule has 32 heavy (non-hydrogen) atoms. The van der Waals surface area contributed by atoms with E-state index >= 15 is 0 Å². The molecule has 0 atom stereocenters. The monoisotopic (exact) mass is 471 g/mol. The number of piperidine rings is 1. The van der Waals surface area contributed by atoms with Crippen molar-refractivity contribution in [3.8, 4) is 0 Å². The van der Waals surface area contributed by atoms with Crippen LogP contribution >= 0.6 is 0 Å². The van der Waals surface area contributed by atoms with E-state index in [-0.39, 0.29) is 36.8 Å². The topological polar surface area (TPSA) is 43.9 Å². The van der Waals surface area contributed by atoms with Crippen molar-refractivity contribution < 1.29 is 26.0 Å². The number of hydrogen-bond donors (Lipinski definition) is 0. The predicted octanol–water partition coefficient (Wildman–Crippen LogP) is 4.35. The van der Waals surface area contributed by atoms with Gasteiger partial charge < -0.3 is 9.80 Å². The maximum absolute atomic E-state index is 13.4. The van der Waals surface area contributed by atoms with Crippen LogP contribution in [0.2, 0.25) is 0 Å². The van der Waals surface area contributed by atoms with E-state index in [9.17, 15) is 26.0 Å². The maximum Gasteiger partial charge on any atom is 0.418 e. The Labute approximate surface area is 185 Å². The predicted molar refractivity (Wildman–Crippen MR) is 115 cm³/mol. The molecule has 2 aliphatic rings. The molecule has 174 valence electrons. The zero-order valence-corrected chi connectivity index (χ0v) is 18.3. The van der Waals surface area contributed by atoms with Gasteiger partial charge in [-0.1, -0.05) is 6.07 Å². The molecule has 0 unspecified atom stereocenters. The summed E-state index contributed by atoms with van der Waals surface area (Å²) in [5, 5.41) is 0. The number of halogens is 4. The number of sulfonamides is 1. The first-order valence-corrected chi connectivity index (χ1v) is 12.1. The number of alkyl halides is 3. The zero-order chi connectivity index (χ0) is 22.9. The van der Waals surface area contributed by atoms with Crippen LogP contribution in [0.25, 0.3) is 0 Å². The van der Waals surface area contributed by atoms with E-state index in [0.717, 1.165) is 43.8 Å². The molecule has 5 nitrogen and oxygen atoms in total. The minimum Gasteiger partial charge on any atom is -0.372 e. The smallest absolute Gasteiger partial charge is 0.372 e. The van der Waals surface area contributed by atoms with E-state index in [2.05, 4.69) is 4.90 Å². The second-order valence-corrected chi connectivity index (χ2v) is 10.0. The SMILES string of the molecule is O=S(=O)(c1cccc(N2CCCCC2)c1)N1CCN(c2ccc(F)cc2C(F)(F)F)CC1. The van der Waals surface area contributed by atoms with Gasteiger partial charge in [0.15, 0.2) is 0 Å². The quantitative estimate of drug-likeness (QED) is 0.623. The van der Waals surface area contributed by atoms with Gasteiger partial charge in [0, 0.05) is 50.6 Å². The molecule has 4 rings (SSSR count). The molecule has 0 amide bonds. The van der Waals surface area contributed by atoms with Crippen LogP contribution in [0, 0.1) is 5.82 Å². The summed E-state index contributed by atoms with van der Waals surface area (Å²) in [4.78, 5) is 3.82. The van der Waals surface area contributed by atoms with E-state index in [0.29, 0.717) is 6.07 Å². The molecule has 0 radical (unpaired) electrons. The molecule has 0 bridgehead atoms. The Kier molecular flexibility index (Phi) is 6.35. The van der Waals surface area contributed by atoms with Crippen LogP contribution in [-0.2, 0) is 16.2 Å². The first-order chi connectivity index (χ1) is 15.2. The van der Waals surface area contributed by atoms with E-state index < -0.39 is 27.6 Å². The first kappa shape index (κ1) is 22.8. The summed E-state index contributed by atoms with van der Waals surface area (Å²) in [6.45, 7) is 2.04. The molecule has 2 heterocycles. The average molecular weight is 472 g/mol. The molecule has 10 heteroatoms. The van der Waals surface area contributed by atoms with Crippen LogP contribution in [0.15, 0.2) is 47.4 Å². The van der Waals surface area contributed by atoms with Crippen LogP contribution < -0.4 is 9.80 Å². The molecule has 2 aromatic carbocycles. The Balaban J connectivity index is 1.50. The van der Waals surface area contributed by atoms with Crippen LogP contribution in [-0.4, -0.2) is 52.0 Å². The summed E-state index contributed by atoms with van der Waals surface area (Å²) in [6.07, 6.45) is -1.39. The van der Waals surface area contributed by atoms with Crippen molar-refractivity contribution in [3.63, 3.8) is 0 Å². The van der Waals surface area contributed by atoms with Crippen molar-refractivity contribution in [3.05, 3.63) is 53.8 Å². The summed E-state index contributed by atoms with van der Waals surface area (Å²) in [5.41, 5.74) is -0.323. The Bertz CT molecular complexity index is 1060. The van der Waals surface area contributed by atoms with Gasteiger partial charge in [-0.2, -0.15) is 17.5 Å². The minimum atomic E-state index is -4.70. The highest BCUT2D eigenvalue weighted by molar-refractivity contribution is 7.89. The molecule has 2 fully saturated rings. The van der Waals surface area contributed by atoms with Crippen molar-refractivity contribution in [2.45, 2.75) is 30.3 Å². The molecular weight excluding hydrogens is 446 g/mol. The van der Waals surface area contributed by atoms with Gasteiger partial charge in [-0.15, -0.1) is 0 Å². The van der Waals surface area contributed by atoms with Gasteiger partial charge in [0.25, 0.3) is 0 Å². The fourth-order valence-corrected chi connectivity index (χ4v) is 5.78. The van der Waals surface area contributed by atoms with E-state index in [1.54, 1.807) is 18.2 Å². The lowest BCUT2D eigenvalue weighted by Gasteiger charge is -2.36. The summed E-state index contributed by atoms with van der Waals surface area (Å²) >= 11 is 0. The van der Waals surface area contributed by atoms with E-state index in [1.165, 1.54) is 15.6 Å². The van der Waals surface area contributed by atoms with Crippen molar-refractivity contribution in [2.24, 2.45) is 0 Å². The molecule has 0 N–H and O–H groups in total. The van der Waals surface area contributed by atoms with Crippen LogP contribution in [0.5, 0.6) is 0 Å². The second-order valence-electron chi connectivity index (χ2n) is 8.10. The summed E-state index contributed by atoms with van der Waals surface area (Å²) in [6, 6.07) is 9.41. The number of nitrogens with zero attached hydrogens (tertiary/aromatic N) is 3. The molecular formula is C22H25F4N3O2S. The highest BCUT2D eigenvalue weighted by Gasteiger charge is 2.37. The van der Waals surface area contributed by atoms with E-state index in [1.807, 2.05) is 6.07 Å². The summed E-state index contributed by atoms with van der Waals surface area (Å²) in [5.74, 6) is -0.962. The molecule has 0 aliphatic carbocycles. The van der Waals surface area contributed by atoms with Crippen molar-refractivity contribution >= 4 is 21.4 Å². The van der Waals surface area contributed by atoms with Crippen molar-refractivity contribution in [2.75, 3.05) is 49.1 Å². The third-order valence-corrected chi connectivity index (χ3v) is 7.91. The Morgan fingerprint density at radius 2 is 1.47 bits per heavy atom. The Hall–Kier alpha value is -2.33. The van der Waals surface area contributed by atoms with Crippen LogP contribution in [0.3, 0.4) is 0 Å². The highest BCUT2D eigenvalue weighted by Crippen LogP contribution is 2.37. The van der Waals surface area contributed by atoms with Gasteiger partial charge in [-0.05, 0) is 55.7 Å². The number of rotatable bonds is 4. The highest BCUT2D eigenvalue weighted by atomic mass is 32.2. The number of anilines is 2. The third-order valence-electron chi connectivity index (χ3n) is 6.02. The Morgan fingerprint density at radius 3 is 2.12 bits per heavy atom. The summed E-state index contributed by atoms with van der Waals surface area (Å²) < 4.78 is 81.2. The van der Waals surface area contributed by atoms with Gasteiger partial charge in [0.2, 0.25) is 10.0 Å². The molecule has 2 saturated heterocycles. The molecule has 0 spiro atoms. The van der Waals surface area contributed by atoms with Gasteiger partial charge in [0.1, 0.15) is 5.82 Å². The molecule has 2 aliphatic heterocycles. The lowest BCUT2D eigenvalue weighted by molar-refractivity contribution is -0.137. The number of benzene rings is 2. The standard InChI is InChI=1S/C22H25F4N3O2S/c23-17-7-8-21(20(15-17)22(24,25)26)28-11-13-29(14-12-28)32(30,31)19-6-4-5-18(16-19)27-9-2-1-3-10-27/h4-8,15-16H,1-3,9-14H2. The zero-order valence-electron chi connectivity index (χ0n) is 17.5.